The molecule has 0 N–H and O–H groups in total. The summed E-state index contributed by atoms with van der Waals surface area (Å²) in [7, 11) is 0. The van der Waals surface area contributed by atoms with E-state index in [0.717, 1.165) is 23.7 Å². The molecule has 1 aromatic carbocycles. The molecule has 0 nitrogen and oxygen atoms in total. The van der Waals surface area contributed by atoms with Gasteiger partial charge in [-0.2, -0.15) is 0 Å². The Hall–Kier alpha value is -0.780. The van der Waals surface area contributed by atoms with Gasteiger partial charge in [0.05, 0.1) is 0 Å². The molecule has 0 heterocycles. The molecule has 0 heteroatoms. The zero-order valence-corrected chi connectivity index (χ0v) is 14.7. The van der Waals surface area contributed by atoms with E-state index in [1.165, 1.54) is 69.8 Å². The lowest BCUT2D eigenvalue weighted by atomic mass is 9.74. The second-order valence-corrected chi connectivity index (χ2v) is 8.33. The van der Waals surface area contributed by atoms with E-state index in [2.05, 4.69) is 38.1 Å². The van der Waals surface area contributed by atoms with E-state index < -0.39 is 0 Å². The minimum Gasteiger partial charge on any atom is -0.0625 e. The molecule has 0 amide bonds. The summed E-state index contributed by atoms with van der Waals surface area (Å²) in [5.41, 5.74) is 2.98. The first kappa shape index (κ1) is 16.1. The molecule has 2 aliphatic carbocycles. The number of aryl methyl sites for hydroxylation is 1. The van der Waals surface area contributed by atoms with Crippen LogP contribution in [0.5, 0.6) is 0 Å². The van der Waals surface area contributed by atoms with Crippen LogP contribution < -0.4 is 0 Å². The zero-order valence-electron chi connectivity index (χ0n) is 14.7. The quantitative estimate of drug-likeness (QED) is 0.568. The lowest BCUT2D eigenvalue weighted by Crippen LogP contribution is -2.16. The van der Waals surface area contributed by atoms with Crippen LogP contribution in [0.3, 0.4) is 0 Å². The Kier molecular flexibility index (Phi) is 5.61. The Balaban J connectivity index is 1.39. The summed E-state index contributed by atoms with van der Waals surface area (Å²) in [4.78, 5) is 0. The summed E-state index contributed by atoms with van der Waals surface area (Å²) in [6, 6.07) is 9.30. The summed E-state index contributed by atoms with van der Waals surface area (Å²) in [6.45, 7) is 4.62. The molecular formula is C22H34. The summed E-state index contributed by atoms with van der Waals surface area (Å²) in [6.07, 6.45) is 14.8. The van der Waals surface area contributed by atoms with E-state index >= 15 is 0 Å². The standard InChI is InChI=1S/C22H34/c1-17-3-7-19(8-4-17)9-10-20-11-15-22(16-12-20)21-13-5-18(2)6-14-21/h5-6,13-14,17,19-20,22H,3-4,7-12,15-16H2,1-2H3. The van der Waals surface area contributed by atoms with Crippen molar-refractivity contribution in [3.63, 3.8) is 0 Å². The number of benzene rings is 1. The maximum atomic E-state index is 2.43. The summed E-state index contributed by atoms with van der Waals surface area (Å²) in [5.74, 6) is 3.93. The Morgan fingerprint density at radius 3 is 1.77 bits per heavy atom. The molecule has 2 saturated carbocycles. The molecule has 0 atom stereocenters. The van der Waals surface area contributed by atoms with Gasteiger partial charge < -0.3 is 0 Å². The maximum absolute atomic E-state index is 2.43. The van der Waals surface area contributed by atoms with Crippen molar-refractivity contribution in [3.05, 3.63) is 35.4 Å². The van der Waals surface area contributed by atoms with Gasteiger partial charge in [0.15, 0.2) is 0 Å². The van der Waals surface area contributed by atoms with Crippen molar-refractivity contribution in [2.45, 2.75) is 84.0 Å². The van der Waals surface area contributed by atoms with Crippen molar-refractivity contribution in [2.24, 2.45) is 17.8 Å². The van der Waals surface area contributed by atoms with Crippen molar-refractivity contribution < 1.29 is 0 Å². The molecule has 2 fully saturated rings. The van der Waals surface area contributed by atoms with Crippen molar-refractivity contribution in [3.8, 4) is 0 Å². The summed E-state index contributed by atoms with van der Waals surface area (Å²) < 4.78 is 0. The number of rotatable bonds is 4. The fourth-order valence-electron chi connectivity index (χ4n) is 4.71. The van der Waals surface area contributed by atoms with Crippen LogP contribution in [0.25, 0.3) is 0 Å². The van der Waals surface area contributed by atoms with Crippen LogP contribution in [0.15, 0.2) is 24.3 Å². The Morgan fingerprint density at radius 1 is 0.727 bits per heavy atom. The van der Waals surface area contributed by atoms with Gasteiger partial charge in [-0.25, -0.2) is 0 Å². The van der Waals surface area contributed by atoms with Gasteiger partial charge in [0.25, 0.3) is 0 Å². The number of hydrogen-bond donors (Lipinski definition) is 0. The van der Waals surface area contributed by atoms with Crippen LogP contribution in [0.2, 0.25) is 0 Å². The topological polar surface area (TPSA) is 0 Å². The van der Waals surface area contributed by atoms with Crippen LogP contribution in [-0.4, -0.2) is 0 Å². The van der Waals surface area contributed by atoms with E-state index in [1.54, 1.807) is 5.56 Å². The third kappa shape index (κ3) is 4.37. The molecule has 2 aliphatic rings. The van der Waals surface area contributed by atoms with E-state index in [1.807, 2.05) is 0 Å². The molecule has 122 valence electrons. The predicted molar refractivity (Wildman–Crippen MR) is 96.2 cm³/mol. The first-order valence-corrected chi connectivity index (χ1v) is 9.77. The van der Waals surface area contributed by atoms with E-state index in [-0.39, 0.29) is 0 Å². The highest BCUT2D eigenvalue weighted by Crippen LogP contribution is 2.39. The lowest BCUT2D eigenvalue weighted by Gasteiger charge is -2.31. The average Bonchev–Trinajstić information content (AvgIpc) is 2.56. The van der Waals surface area contributed by atoms with Gasteiger partial charge in [-0.15, -0.1) is 0 Å². The Bertz CT molecular complexity index is 428. The van der Waals surface area contributed by atoms with E-state index in [4.69, 9.17) is 0 Å². The molecule has 0 saturated heterocycles. The molecule has 0 spiro atoms. The largest absolute Gasteiger partial charge is 0.0625 e. The molecule has 0 bridgehead atoms. The highest BCUT2D eigenvalue weighted by Gasteiger charge is 2.24. The molecule has 1 aromatic rings. The SMILES string of the molecule is Cc1ccc(C2CCC(CCC3CCC(C)CC3)CC2)cc1. The van der Waals surface area contributed by atoms with Crippen molar-refractivity contribution in [1.82, 2.24) is 0 Å². The van der Waals surface area contributed by atoms with Gasteiger partial charge >= 0.3 is 0 Å². The van der Waals surface area contributed by atoms with Crippen molar-refractivity contribution in [2.75, 3.05) is 0 Å². The van der Waals surface area contributed by atoms with Crippen molar-refractivity contribution >= 4 is 0 Å². The lowest BCUT2D eigenvalue weighted by molar-refractivity contribution is 0.237. The summed E-state index contributed by atoms with van der Waals surface area (Å²) >= 11 is 0. The molecule has 22 heavy (non-hydrogen) atoms. The maximum Gasteiger partial charge on any atom is -0.0162 e. The van der Waals surface area contributed by atoms with Gasteiger partial charge in [-0.05, 0) is 61.8 Å². The monoisotopic (exact) mass is 298 g/mol. The Labute approximate surface area is 137 Å². The third-order valence-corrected chi connectivity index (χ3v) is 6.51. The van der Waals surface area contributed by atoms with Crippen LogP contribution in [0, 0.1) is 24.7 Å². The second-order valence-electron chi connectivity index (χ2n) is 8.33. The van der Waals surface area contributed by atoms with Crippen LogP contribution >= 0.6 is 0 Å². The minimum absolute atomic E-state index is 0.840. The summed E-state index contributed by atoms with van der Waals surface area (Å²) in [5, 5.41) is 0. The highest BCUT2D eigenvalue weighted by molar-refractivity contribution is 5.24. The zero-order chi connectivity index (χ0) is 15.4. The van der Waals surface area contributed by atoms with Gasteiger partial charge in [0.2, 0.25) is 0 Å². The fraction of sp³-hybridized carbons (Fsp3) is 0.727. The van der Waals surface area contributed by atoms with Gasteiger partial charge in [-0.3, -0.25) is 0 Å². The molecule has 3 rings (SSSR count). The van der Waals surface area contributed by atoms with Crippen molar-refractivity contribution in [1.29, 1.82) is 0 Å². The average molecular weight is 299 g/mol. The normalized spacial score (nSPS) is 32.8. The predicted octanol–water partition coefficient (Wildman–Crippen LogP) is 6.88. The highest BCUT2D eigenvalue weighted by atomic mass is 14.3. The Morgan fingerprint density at radius 2 is 1.23 bits per heavy atom. The van der Waals surface area contributed by atoms with Gasteiger partial charge in [0, 0.05) is 0 Å². The number of hydrogen-bond acceptors (Lipinski definition) is 0. The van der Waals surface area contributed by atoms with Gasteiger partial charge in [0.1, 0.15) is 0 Å². The molecule has 0 radical (unpaired) electrons. The van der Waals surface area contributed by atoms with E-state index in [0.29, 0.717) is 0 Å². The van der Waals surface area contributed by atoms with Gasteiger partial charge in [-0.1, -0.05) is 75.3 Å². The fourth-order valence-corrected chi connectivity index (χ4v) is 4.71. The molecule has 0 aliphatic heterocycles. The van der Waals surface area contributed by atoms with Crippen LogP contribution in [-0.2, 0) is 0 Å². The first-order valence-electron chi connectivity index (χ1n) is 9.77. The third-order valence-electron chi connectivity index (χ3n) is 6.51. The smallest absolute Gasteiger partial charge is 0.0162 e. The van der Waals surface area contributed by atoms with Crippen LogP contribution in [0.1, 0.15) is 88.2 Å². The second kappa shape index (κ2) is 7.66. The molecule has 0 aromatic heterocycles. The van der Waals surface area contributed by atoms with E-state index in [9.17, 15) is 0 Å². The molecule has 0 unspecified atom stereocenters. The minimum atomic E-state index is 0.840. The van der Waals surface area contributed by atoms with Crippen LogP contribution in [0.4, 0.5) is 0 Å². The first-order chi connectivity index (χ1) is 10.7. The molecular weight excluding hydrogens is 264 g/mol.